The molecule has 10 nitrogen and oxygen atoms in total. The molecule has 2 aromatic heterocycles. The third kappa shape index (κ3) is 6.29. The second-order valence-corrected chi connectivity index (χ2v) is 9.97. The van der Waals surface area contributed by atoms with Gasteiger partial charge in [-0.25, -0.2) is 14.5 Å². The van der Waals surface area contributed by atoms with Gasteiger partial charge in [-0.1, -0.05) is 18.6 Å². The number of nitrogens with one attached hydrogen (secondary N) is 1. The minimum Gasteiger partial charge on any atom is -0.489 e. The zero-order chi connectivity index (χ0) is 24.9. The Balaban J connectivity index is 1.36. The number of aliphatic carboxylic acids is 1. The summed E-state index contributed by atoms with van der Waals surface area (Å²) in [4.78, 5) is 28.2. The standard InChI is InChI=1S/C25H35N5O5/c1-15-7-8-17(11-15)13-26-25(33)34-14-21-23(28-29-30(21)3)20-9-10-22(16(2)27-20)35-19-6-4-5-18(12-19)24(31)32/h9-10,15,17-19H,4-8,11-14H2,1-3H3,(H,26,33)(H,31,32)/t15?,17?,18-,19-/m0/s1. The minimum absolute atomic E-state index is 0.0311. The molecule has 2 fully saturated rings. The van der Waals surface area contributed by atoms with Crippen molar-refractivity contribution in [1.29, 1.82) is 0 Å². The Labute approximate surface area is 205 Å². The molecule has 2 saturated carbocycles. The van der Waals surface area contributed by atoms with Gasteiger partial charge in [0.05, 0.1) is 23.4 Å². The van der Waals surface area contributed by atoms with Crippen molar-refractivity contribution in [3.05, 3.63) is 23.5 Å². The third-order valence-corrected chi connectivity index (χ3v) is 7.17. The number of alkyl carbamates (subject to hydrolysis) is 1. The number of amides is 1. The summed E-state index contributed by atoms with van der Waals surface area (Å²) in [6.45, 7) is 4.76. The molecular formula is C25H35N5O5. The number of carboxylic acids is 1. The van der Waals surface area contributed by atoms with Gasteiger partial charge in [0.15, 0.2) is 0 Å². The molecule has 0 bridgehead atoms. The minimum atomic E-state index is -0.761. The van der Waals surface area contributed by atoms with E-state index in [1.165, 1.54) is 6.42 Å². The Bertz CT molecular complexity index is 1050. The number of carbonyl (C=O) groups is 2. The fourth-order valence-corrected chi connectivity index (χ4v) is 5.12. The van der Waals surface area contributed by atoms with Crippen molar-refractivity contribution < 1.29 is 24.2 Å². The number of aromatic nitrogens is 4. The molecule has 2 aliphatic rings. The normalized spacial score (nSPS) is 24.2. The monoisotopic (exact) mass is 485 g/mol. The molecule has 0 radical (unpaired) electrons. The van der Waals surface area contributed by atoms with Crippen molar-refractivity contribution >= 4 is 12.1 Å². The van der Waals surface area contributed by atoms with Gasteiger partial charge in [-0.3, -0.25) is 4.79 Å². The highest BCUT2D eigenvalue weighted by Gasteiger charge is 2.29. The average Bonchev–Trinajstić information content (AvgIpc) is 3.42. The molecule has 0 aliphatic heterocycles. The second-order valence-electron chi connectivity index (χ2n) is 9.97. The first-order valence-electron chi connectivity index (χ1n) is 12.5. The maximum atomic E-state index is 12.2. The quantitative estimate of drug-likeness (QED) is 0.577. The van der Waals surface area contributed by atoms with E-state index >= 15 is 0 Å². The molecule has 2 aromatic rings. The lowest BCUT2D eigenvalue weighted by molar-refractivity contribution is -0.143. The predicted octanol–water partition coefficient (Wildman–Crippen LogP) is 3.87. The van der Waals surface area contributed by atoms with Crippen LogP contribution in [0.5, 0.6) is 5.75 Å². The number of carbonyl (C=O) groups excluding carboxylic acids is 1. The van der Waals surface area contributed by atoms with Crippen LogP contribution in [-0.2, 0) is 23.2 Å². The highest BCUT2D eigenvalue weighted by atomic mass is 16.5. The van der Waals surface area contributed by atoms with Crippen molar-refractivity contribution in [1.82, 2.24) is 25.3 Å². The van der Waals surface area contributed by atoms with Crippen LogP contribution < -0.4 is 10.1 Å². The van der Waals surface area contributed by atoms with Crippen molar-refractivity contribution in [3.8, 4) is 17.1 Å². The maximum absolute atomic E-state index is 12.2. The highest BCUT2D eigenvalue weighted by molar-refractivity contribution is 5.70. The van der Waals surface area contributed by atoms with Crippen LogP contribution in [0.15, 0.2) is 12.1 Å². The van der Waals surface area contributed by atoms with Crippen molar-refractivity contribution in [3.63, 3.8) is 0 Å². The van der Waals surface area contributed by atoms with Gasteiger partial charge >= 0.3 is 12.1 Å². The zero-order valence-electron chi connectivity index (χ0n) is 20.7. The lowest BCUT2D eigenvalue weighted by atomic mass is 9.87. The van der Waals surface area contributed by atoms with Gasteiger partial charge in [-0.05, 0) is 69.4 Å². The van der Waals surface area contributed by atoms with E-state index in [9.17, 15) is 14.7 Å². The summed E-state index contributed by atoms with van der Waals surface area (Å²) < 4.78 is 13.1. The van der Waals surface area contributed by atoms with E-state index in [0.717, 1.165) is 31.6 Å². The van der Waals surface area contributed by atoms with Crippen molar-refractivity contribution in [2.45, 2.75) is 71.5 Å². The van der Waals surface area contributed by atoms with Crippen molar-refractivity contribution in [2.75, 3.05) is 6.54 Å². The van der Waals surface area contributed by atoms with Gasteiger partial charge in [0.1, 0.15) is 23.7 Å². The van der Waals surface area contributed by atoms with Crippen molar-refractivity contribution in [2.24, 2.45) is 24.8 Å². The molecule has 35 heavy (non-hydrogen) atoms. The van der Waals surface area contributed by atoms with Gasteiger partial charge in [0, 0.05) is 13.6 Å². The fourth-order valence-electron chi connectivity index (χ4n) is 5.12. The average molecular weight is 486 g/mol. The number of ether oxygens (including phenoxy) is 2. The molecule has 2 unspecified atom stereocenters. The lowest BCUT2D eigenvalue weighted by Crippen LogP contribution is -2.29. The Hall–Kier alpha value is -3.17. The fraction of sp³-hybridized carbons (Fsp3) is 0.640. The first kappa shape index (κ1) is 24.9. The van der Waals surface area contributed by atoms with E-state index < -0.39 is 12.1 Å². The Kier molecular flexibility index (Phi) is 7.87. The van der Waals surface area contributed by atoms with Crippen LogP contribution in [0.4, 0.5) is 4.79 Å². The number of nitrogens with zero attached hydrogens (tertiary/aromatic N) is 4. The number of aryl methyl sites for hydroxylation is 2. The summed E-state index contributed by atoms with van der Waals surface area (Å²) in [5.41, 5.74) is 2.48. The summed E-state index contributed by atoms with van der Waals surface area (Å²) in [7, 11) is 1.75. The van der Waals surface area contributed by atoms with Crippen LogP contribution in [0.1, 0.15) is 63.3 Å². The van der Waals surface area contributed by atoms with Gasteiger partial charge in [0.25, 0.3) is 0 Å². The van der Waals surface area contributed by atoms with Crippen LogP contribution in [0.25, 0.3) is 11.4 Å². The van der Waals surface area contributed by atoms with Crippen LogP contribution in [-0.4, -0.2) is 49.8 Å². The lowest BCUT2D eigenvalue weighted by Gasteiger charge is -2.27. The molecule has 4 rings (SSSR count). The number of carboxylic acid groups (broad SMARTS) is 1. The van der Waals surface area contributed by atoms with E-state index in [1.807, 2.05) is 13.0 Å². The molecule has 1 amide bonds. The highest BCUT2D eigenvalue weighted by Crippen LogP contribution is 2.31. The number of hydrogen-bond acceptors (Lipinski definition) is 7. The zero-order valence-corrected chi connectivity index (χ0v) is 20.7. The molecular weight excluding hydrogens is 450 g/mol. The molecule has 0 spiro atoms. The Morgan fingerprint density at radius 3 is 2.74 bits per heavy atom. The summed E-state index contributed by atoms with van der Waals surface area (Å²) in [6.07, 6.45) is 5.78. The number of hydrogen-bond donors (Lipinski definition) is 2. The molecule has 0 aromatic carbocycles. The van der Waals surface area contributed by atoms with E-state index in [-0.39, 0.29) is 18.6 Å². The topological polar surface area (TPSA) is 128 Å². The number of pyridine rings is 1. The molecule has 0 saturated heterocycles. The first-order valence-corrected chi connectivity index (χ1v) is 12.5. The molecule has 2 N–H and O–H groups in total. The van der Waals surface area contributed by atoms with Gasteiger partial charge in [0.2, 0.25) is 0 Å². The largest absolute Gasteiger partial charge is 0.489 e. The SMILES string of the molecule is Cc1nc(-c2nnn(C)c2COC(=O)NCC2CCC(C)C2)ccc1O[C@H]1CCC[C@H](C(=O)O)C1. The molecule has 4 atom stereocenters. The van der Waals surface area contributed by atoms with Gasteiger partial charge in [-0.15, -0.1) is 5.10 Å². The second kappa shape index (κ2) is 11.0. The van der Waals surface area contributed by atoms with E-state index in [1.54, 1.807) is 17.8 Å². The Morgan fingerprint density at radius 2 is 2.03 bits per heavy atom. The first-order chi connectivity index (χ1) is 16.8. The van der Waals surface area contributed by atoms with Crippen LogP contribution in [0.3, 0.4) is 0 Å². The van der Waals surface area contributed by atoms with E-state index in [0.29, 0.717) is 53.8 Å². The molecule has 10 heteroatoms. The maximum Gasteiger partial charge on any atom is 0.407 e. The van der Waals surface area contributed by atoms with Gasteiger partial charge in [-0.2, -0.15) is 0 Å². The summed E-state index contributed by atoms with van der Waals surface area (Å²) in [6, 6.07) is 3.63. The molecule has 2 heterocycles. The summed E-state index contributed by atoms with van der Waals surface area (Å²) >= 11 is 0. The van der Waals surface area contributed by atoms with Crippen LogP contribution in [0, 0.1) is 24.7 Å². The predicted molar refractivity (Wildman–Crippen MR) is 128 cm³/mol. The molecule has 2 aliphatic carbocycles. The van der Waals surface area contributed by atoms with E-state index in [4.69, 9.17) is 9.47 Å². The van der Waals surface area contributed by atoms with E-state index in [2.05, 4.69) is 27.5 Å². The van der Waals surface area contributed by atoms with Crippen LogP contribution in [0.2, 0.25) is 0 Å². The molecule has 190 valence electrons. The smallest absolute Gasteiger partial charge is 0.407 e. The third-order valence-electron chi connectivity index (χ3n) is 7.17. The summed E-state index contributed by atoms with van der Waals surface area (Å²) in [5.74, 6) is 0.748. The number of rotatable bonds is 8. The van der Waals surface area contributed by atoms with Crippen LogP contribution >= 0.6 is 0 Å². The Morgan fingerprint density at radius 1 is 1.20 bits per heavy atom. The van der Waals surface area contributed by atoms with Gasteiger partial charge < -0.3 is 19.9 Å². The summed E-state index contributed by atoms with van der Waals surface area (Å²) in [5, 5.41) is 20.5.